The Labute approximate surface area is 130 Å². The first kappa shape index (κ1) is 15.6. The predicted octanol–water partition coefficient (Wildman–Crippen LogP) is 4.65. The zero-order valence-electron chi connectivity index (χ0n) is 12.8. The molecule has 3 nitrogen and oxygen atoms in total. The Morgan fingerprint density at radius 2 is 2.05 bits per heavy atom. The maximum Gasteiger partial charge on any atom is 0.337 e. The first-order valence-corrected chi connectivity index (χ1v) is 7.89. The van der Waals surface area contributed by atoms with Gasteiger partial charge in [-0.05, 0) is 42.0 Å². The largest absolute Gasteiger partial charge is 0.465 e. The molecular weight excluding hydrogens is 282 g/mol. The molecule has 0 spiro atoms. The molecule has 1 aromatic heterocycles. The number of benzene rings is 1. The lowest BCUT2D eigenvalue weighted by Crippen LogP contribution is -2.16. The third kappa shape index (κ3) is 3.64. The summed E-state index contributed by atoms with van der Waals surface area (Å²) in [5.74, 6) is 0.139. The van der Waals surface area contributed by atoms with Crippen molar-refractivity contribution in [1.29, 1.82) is 0 Å². The van der Waals surface area contributed by atoms with Crippen molar-refractivity contribution in [3.05, 3.63) is 51.7 Å². The monoisotopic (exact) mass is 303 g/mol. The molecule has 0 radical (unpaired) electrons. The van der Waals surface area contributed by atoms with Gasteiger partial charge in [0.05, 0.1) is 18.7 Å². The second kappa shape index (κ2) is 6.76. The Kier molecular flexibility index (Phi) is 5.02. The molecule has 112 valence electrons. The summed E-state index contributed by atoms with van der Waals surface area (Å²) >= 11 is 1.75. The molecule has 0 amide bonds. The summed E-state index contributed by atoms with van der Waals surface area (Å²) in [5, 5.41) is 5.66. The molecule has 4 heteroatoms. The predicted molar refractivity (Wildman–Crippen MR) is 88.0 cm³/mol. The van der Waals surface area contributed by atoms with Gasteiger partial charge < -0.3 is 10.1 Å². The minimum Gasteiger partial charge on any atom is -0.465 e. The van der Waals surface area contributed by atoms with E-state index < -0.39 is 0 Å². The number of carbonyl (C=O) groups is 1. The molecule has 0 saturated heterocycles. The van der Waals surface area contributed by atoms with Crippen LogP contribution in [0.2, 0.25) is 0 Å². The van der Waals surface area contributed by atoms with Crippen LogP contribution in [0, 0.1) is 12.8 Å². The highest BCUT2D eigenvalue weighted by Gasteiger charge is 2.18. The number of thiophene rings is 1. The number of aryl methyl sites for hydroxylation is 1. The van der Waals surface area contributed by atoms with E-state index in [1.165, 1.54) is 12.0 Å². The number of ether oxygens (including phenoxy) is 1. The van der Waals surface area contributed by atoms with Crippen molar-refractivity contribution in [3.8, 4) is 0 Å². The quantitative estimate of drug-likeness (QED) is 0.817. The van der Waals surface area contributed by atoms with Gasteiger partial charge in [-0.2, -0.15) is 0 Å². The molecule has 1 aromatic carbocycles. The van der Waals surface area contributed by atoms with Crippen LogP contribution in [-0.4, -0.2) is 13.1 Å². The molecule has 1 heterocycles. The van der Waals surface area contributed by atoms with Crippen LogP contribution in [0.25, 0.3) is 0 Å². The second-order valence-electron chi connectivity index (χ2n) is 5.40. The van der Waals surface area contributed by atoms with Crippen LogP contribution >= 0.6 is 11.3 Å². The smallest absolute Gasteiger partial charge is 0.337 e. The van der Waals surface area contributed by atoms with E-state index in [2.05, 4.69) is 36.7 Å². The first-order chi connectivity index (χ1) is 10.0. The standard InChI is InChI=1S/C17H21NO2S/c1-11(2)16(15-6-5-9-21-15)18-14-10-13(17(19)20-4)8-7-12(14)3/h5-11,16,18H,1-4H3. The highest BCUT2D eigenvalue weighted by atomic mass is 32.1. The van der Waals surface area contributed by atoms with Gasteiger partial charge in [-0.1, -0.05) is 26.0 Å². The number of carbonyl (C=O) groups excluding carboxylic acids is 1. The maximum atomic E-state index is 11.7. The molecule has 0 saturated carbocycles. The zero-order chi connectivity index (χ0) is 15.4. The van der Waals surface area contributed by atoms with Crippen LogP contribution in [0.5, 0.6) is 0 Å². The molecule has 0 aliphatic heterocycles. The van der Waals surface area contributed by atoms with Crippen molar-refractivity contribution in [2.75, 3.05) is 12.4 Å². The van der Waals surface area contributed by atoms with Crippen LogP contribution in [0.4, 0.5) is 5.69 Å². The number of hydrogen-bond donors (Lipinski definition) is 1. The van der Waals surface area contributed by atoms with E-state index >= 15 is 0 Å². The van der Waals surface area contributed by atoms with Crippen molar-refractivity contribution in [3.63, 3.8) is 0 Å². The summed E-state index contributed by atoms with van der Waals surface area (Å²) in [6.45, 7) is 6.42. The first-order valence-electron chi connectivity index (χ1n) is 7.02. The van der Waals surface area contributed by atoms with Crippen LogP contribution in [0.3, 0.4) is 0 Å². The lowest BCUT2D eigenvalue weighted by molar-refractivity contribution is 0.0601. The minimum absolute atomic E-state index is 0.233. The van der Waals surface area contributed by atoms with E-state index in [9.17, 15) is 4.79 Å². The minimum atomic E-state index is -0.310. The maximum absolute atomic E-state index is 11.7. The summed E-state index contributed by atoms with van der Waals surface area (Å²) in [4.78, 5) is 13.0. The molecule has 2 rings (SSSR count). The van der Waals surface area contributed by atoms with Crippen molar-refractivity contribution in [1.82, 2.24) is 0 Å². The topological polar surface area (TPSA) is 38.3 Å². The van der Waals surface area contributed by atoms with Gasteiger partial charge in [-0.3, -0.25) is 0 Å². The van der Waals surface area contributed by atoms with Crippen LogP contribution in [0.1, 0.15) is 40.7 Å². The van der Waals surface area contributed by atoms with Crippen molar-refractivity contribution < 1.29 is 9.53 Å². The average Bonchev–Trinajstić information content (AvgIpc) is 2.99. The van der Waals surface area contributed by atoms with Crippen molar-refractivity contribution in [2.45, 2.75) is 26.8 Å². The highest BCUT2D eigenvalue weighted by Crippen LogP contribution is 2.31. The third-order valence-corrected chi connectivity index (χ3v) is 4.44. The summed E-state index contributed by atoms with van der Waals surface area (Å²) in [5.41, 5.74) is 2.66. The molecule has 2 aromatic rings. The van der Waals surface area contributed by atoms with Gasteiger partial charge >= 0.3 is 5.97 Å². The summed E-state index contributed by atoms with van der Waals surface area (Å²) in [7, 11) is 1.40. The Bertz CT molecular complexity index is 605. The van der Waals surface area contributed by atoms with E-state index in [4.69, 9.17) is 4.74 Å². The molecule has 0 bridgehead atoms. The fourth-order valence-corrected chi connectivity index (χ4v) is 3.17. The van der Waals surface area contributed by atoms with Crippen LogP contribution in [0.15, 0.2) is 35.7 Å². The summed E-state index contributed by atoms with van der Waals surface area (Å²) < 4.78 is 4.79. The van der Waals surface area contributed by atoms with Gasteiger partial charge in [-0.15, -0.1) is 11.3 Å². The average molecular weight is 303 g/mol. The van der Waals surface area contributed by atoms with Gasteiger partial charge in [0, 0.05) is 10.6 Å². The Hall–Kier alpha value is -1.81. The van der Waals surface area contributed by atoms with Gasteiger partial charge in [0.25, 0.3) is 0 Å². The number of anilines is 1. The SMILES string of the molecule is COC(=O)c1ccc(C)c(NC(c2cccs2)C(C)C)c1. The molecular formula is C17H21NO2S. The number of hydrogen-bond acceptors (Lipinski definition) is 4. The van der Waals surface area contributed by atoms with E-state index in [-0.39, 0.29) is 12.0 Å². The normalized spacial score (nSPS) is 12.2. The van der Waals surface area contributed by atoms with Gasteiger partial charge in [0.2, 0.25) is 0 Å². The fraction of sp³-hybridized carbons (Fsp3) is 0.353. The molecule has 0 aliphatic rings. The molecule has 0 fully saturated rings. The summed E-state index contributed by atoms with van der Waals surface area (Å²) in [6, 6.07) is 10.0. The number of esters is 1. The molecule has 1 N–H and O–H groups in total. The Balaban J connectivity index is 2.30. The molecule has 21 heavy (non-hydrogen) atoms. The second-order valence-corrected chi connectivity index (χ2v) is 6.38. The van der Waals surface area contributed by atoms with Gasteiger partial charge in [0.15, 0.2) is 0 Å². The van der Waals surface area contributed by atoms with Gasteiger partial charge in [0.1, 0.15) is 0 Å². The Morgan fingerprint density at radius 3 is 2.62 bits per heavy atom. The van der Waals surface area contributed by atoms with Gasteiger partial charge in [-0.25, -0.2) is 4.79 Å². The Morgan fingerprint density at radius 1 is 1.29 bits per heavy atom. The van der Waals surface area contributed by atoms with Crippen molar-refractivity contribution >= 4 is 23.0 Å². The zero-order valence-corrected chi connectivity index (χ0v) is 13.7. The van der Waals surface area contributed by atoms with Crippen molar-refractivity contribution in [2.24, 2.45) is 5.92 Å². The third-order valence-electron chi connectivity index (χ3n) is 3.49. The fourth-order valence-electron chi connectivity index (χ4n) is 2.22. The number of rotatable bonds is 5. The lowest BCUT2D eigenvalue weighted by Gasteiger charge is -2.24. The summed E-state index contributed by atoms with van der Waals surface area (Å²) in [6.07, 6.45) is 0. The van der Waals surface area contributed by atoms with Crippen LogP contribution in [-0.2, 0) is 4.74 Å². The molecule has 1 atom stereocenters. The molecule has 0 aliphatic carbocycles. The van der Waals surface area contributed by atoms with Crippen LogP contribution < -0.4 is 5.32 Å². The number of nitrogens with one attached hydrogen (secondary N) is 1. The highest BCUT2D eigenvalue weighted by molar-refractivity contribution is 7.10. The van der Waals surface area contributed by atoms with E-state index in [1.54, 1.807) is 17.4 Å². The number of methoxy groups -OCH3 is 1. The lowest BCUT2D eigenvalue weighted by atomic mass is 10.0. The molecule has 1 unspecified atom stereocenters. The van der Waals surface area contributed by atoms with E-state index in [1.807, 2.05) is 19.1 Å². The van der Waals surface area contributed by atoms with E-state index in [0.717, 1.165) is 11.3 Å². The van der Waals surface area contributed by atoms with E-state index in [0.29, 0.717) is 11.5 Å².